The van der Waals surface area contributed by atoms with E-state index in [4.69, 9.17) is 4.74 Å². The first-order chi connectivity index (χ1) is 11.6. The first-order valence-corrected chi connectivity index (χ1v) is 7.68. The van der Waals surface area contributed by atoms with Crippen molar-refractivity contribution in [3.63, 3.8) is 0 Å². The number of ether oxygens (including phenoxy) is 1. The number of anilines is 1. The van der Waals surface area contributed by atoms with Gasteiger partial charge in [-0.15, -0.1) is 0 Å². The lowest BCUT2D eigenvalue weighted by Crippen LogP contribution is -2.26. The number of carbonyl (C=O) groups excluding carboxylic acids is 3. The van der Waals surface area contributed by atoms with Gasteiger partial charge in [0.25, 0.3) is 0 Å². The van der Waals surface area contributed by atoms with Crippen LogP contribution in [0.1, 0.15) is 22.3 Å². The zero-order valence-corrected chi connectivity index (χ0v) is 13.3. The highest BCUT2D eigenvalue weighted by Crippen LogP contribution is 2.27. The molecule has 0 aromatic heterocycles. The van der Waals surface area contributed by atoms with Crippen LogP contribution in [0.2, 0.25) is 0 Å². The highest BCUT2D eigenvalue weighted by molar-refractivity contribution is 6.10. The molecule has 2 aromatic carbocycles. The first kappa shape index (κ1) is 15.9. The molecular weight excluding hydrogens is 306 g/mol. The number of amides is 1. The minimum Gasteiger partial charge on any atom is -0.469 e. The maximum atomic E-state index is 12.5. The Morgan fingerprint density at radius 1 is 1.04 bits per heavy atom. The molecule has 0 spiro atoms. The maximum Gasteiger partial charge on any atom is 0.311 e. The minimum atomic E-state index is -0.462. The fourth-order valence-corrected chi connectivity index (χ4v) is 2.85. The average molecular weight is 323 g/mol. The monoisotopic (exact) mass is 323 g/mol. The van der Waals surface area contributed by atoms with E-state index in [9.17, 15) is 14.4 Å². The summed E-state index contributed by atoms with van der Waals surface area (Å²) < 4.78 is 4.71. The van der Waals surface area contributed by atoms with Crippen molar-refractivity contribution in [1.29, 1.82) is 0 Å². The molecule has 3 rings (SSSR count). The molecule has 0 aliphatic carbocycles. The molecule has 0 bridgehead atoms. The second-order valence-electron chi connectivity index (χ2n) is 5.67. The number of rotatable bonds is 4. The van der Waals surface area contributed by atoms with Crippen LogP contribution in [0.3, 0.4) is 0 Å². The molecule has 1 saturated heterocycles. The third-order valence-corrected chi connectivity index (χ3v) is 4.12. The molecule has 1 atom stereocenters. The SMILES string of the molecule is COC(=O)C1CC(=O)N(c2cccc(C(=O)c3ccccc3)c2)C1. The standard InChI is InChI=1S/C19H17NO4/c1-24-19(23)15-11-17(21)20(12-15)16-9-5-8-14(10-16)18(22)13-6-3-2-4-7-13/h2-10,15H,11-12H2,1H3. The van der Waals surface area contributed by atoms with E-state index in [-0.39, 0.29) is 30.6 Å². The van der Waals surface area contributed by atoms with Crippen LogP contribution in [0.25, 0.3) is 0 Å². The van der Waals surface area contributed by atoms with Gasteiger partial charge in [0, 0.05) is 29.8 Å². The van der Waals surface area contributed by atoms with Crippen LogP contribution >= 0.6 is 0 Å². The van der Waals surface area contributed by atoms with Crippen molar-refractivity contribution >= 4 is 23.3 Å². The van der Waals surface area contributed by atoms with Crippen LogP contribution < -0.4 is 4.90 Å². The maximum absolute atomic E-state index is 12.5. The zero-order valence-electron chi connectivity index (χ0n) is 13.3. The van der Waals surface area contributed by atoms with Gasteiger partial charge in [0.15, 0.2) is 5.78 Å². The van der Waals surface area contributed by atoms with Crippen LogP contribution in [-0.2, 0) is 14.3 Å². The predicted molar refractivity (Wildman–Crippen MR) is 88.8 cm³/mol. The van der Waals surface area contributed by atoms with Crippen LogP contribution in [-0.4, -0.2) is 31.3 Å². The van der Waals surface area contributed by atoms with Crippen LogP contribution in [0.5, 0.6) is 0 Å². The summed E-state index contributed by atoms with van der Waals surface area (Å²) in [5, 5.41) is 0. The highest BCUT2D eigenvalue weighted by Gasteiger charge is 2.35. The number of methoxy groups -OCH3 is 1. The van der Waals surface area contributed by atoms with E-state index in [1.54, 1.807) is 36.4 Å². The number of benzene rings is 2. The number of hydrogen-bond acceptors (Lipinski definition) is 4. The lowest BCUT2D eigenvalue weighted by Gasteiger charge is -2.17. The fraction of sp³-hybridized carbons (Fsp3) is 0.211. The number of esters is 1. The molecule has 1 aliphatic heterocycles. The Kier molecular flexibility index (Phi) is 4.42. The summed E-state index contributed by atoms with van der Waals surface area (Å²) in [6.45, 7) is 0.272. The summed E-state index contributed by atoms with van der Waals surface area (Å²) in [5.74, 6) is -1.10. The van der Waals surface area contributed by atoms with Crippen molar-refractivity contribution in [2.45, 2.75) is 6.42 Å². The third kappa shape index (κ3) is 3.06. The summed E-state index contributed by atoms with van der Waals surface area (Å²) in [5.41, 5.74) is 1.72. The van der Waals surface area contributed by atoms with Gasteiger partial charge in [-0.05, 0) is 12.1 Å². The molecule has 2 aromatic rings. The fourth-order valence-electron chi connectivity index (χ4n) is 2.85. The molecule has 1 amide bonds. The van der Waals surface area contributed by atoms with Crippen LogP contribution in [0.4, 0.5) is 5.69 Å². The Morgan fingerprint density at radius 3 is 2.46 bits per heavy atom. The zero-order chi connectivity index (χ0) is 17.1. The molecule has 1 heterocycles. The second kappa shape index (κ2) is 6.66. The normalized spacial score (nSPS) is 17.0. The molecule has 24 heavy (non-hydrogen) atoms. The predicted octanol–water partition coefficient (Wildman–Crippen LogP) is 2.44. The summed E-state index contributed by atoms with van der Waals surface area (Å²) >= 11 is 0. The molecule has 1 fully saturated rings. The molecule has 5 heteroatoms. The topological polar surface area (TPSA) is 63.7 Å². The Bertz CT molecular complexity index is 785. The first-order valence-electron chi connectivity index (χ1n) is 7.68. The molecular formula is C19H17NO4. The van der Waals surface area contributed by atoms with Crippen LogP contribution in [0.15, 0.2) is 54.6 Å². The molecule has 1 aliphatic rings. The van der Waals surface area contributed by atoms with E-state index < -0.39 is 5.92 Å². The summed E-state index contributed by atoms with van der Waals surface area (Å²) in [6.07, 6.45) is 0.129. The third-order valence-electron chi connectivity index (χ3n) is 4.12. The smallest absolute Gasteiger partial charge is 0.311 e. The van der Waals surface area contributed by atoms with Crippen molar-refractivity contribution in [1.82, 2.24) is 0 Å². The van der Waals surface area contributed by atoms with Gasteiger partial charge >= 0.3 is 5.97 Å². The van der Waals surface area contributed by atoms with Crippen molar-refractivity contribution in [2.75, 3.05) is 18.6 Å². The minimum absolute atomic E-state index is 0.103. The second-order valence-corrected chi connectivity index (χ2v) is 5.67. The molecule has 1 unspecified atom stereocenters. The van der Waals surface area contributed by atoms with E-state index >= 15 is 0 Å². The lowest BCUT2D eigenvalue weighted by molar-refractivity contribution is -0.145. The van der Waals surface area contributed by atoms with Gasteiger partial charge in [-0.25, -0.2) is 0 Å². The van der Waals surface area contributed by atoms with Crippen molar-refractivity contribution in [2.24, 2.45) is 5.92 Å². The number of nitrogens with zero attached hydrogens (tertiary/aromatic N) is 1. The molecule has 0 N–H and O–H groups in total. The summed E-state index contributed by atoms with van der Waals surface area (Å²) in [7, 11) is 1.31. The van der Waals surface area contributed by atoms with E-state index in [1.807, 2.05) is 18.2 Å². The van der Waals surface area contributed by atoms with Crippen molar-refractivity contribution in [3.8, 4) is 0 Å². The van der Waals surface area contributed by atoms with E-state index in [2.05, 4.69) is 0 Å². The Hall–Kier alpha value is -2.95. The van der Waals surface area contributed by atoms with Gasteiger partial charge in [0.05, 0.1) is 13.0 Å². The number of ketones is 1. The number of hydrogen-bond donors (Lipinski definition) is 0. The van der Waals surface area contributed by atoms with Gasteiger partial charge in [0.2, 0.25) is 5.91 Å². The van der Waals surface area contributed by atoms with E-state index in [0.29, 0.717) is 16.8 Å². The molecule has 122 valence electrons. The van der Waals surface area contributed by atoms with Crippen molar-refractivity contribution in [3.05, 3.63) is 65.7 Å². The van der Waals surface area contributed by atoms with Gasteiger partial charge in [-0.3, -0.25) is 14.4 Å². The highest BCUT2D eigenvalue weighted by atomic mass is 16.5. The van der Waals surface area contributed by atoms with Gasteiger partial charge in [-0.2, -0.15) is 0 Å². The Labute approximate surface area is 139 Å². The summed E-state index contributed by atoms with van der Waals surface area (Å²) in [6, 6.07) is 15.9. The average Bonchev–Trinajstić information content (AvgIpc) is 3.03. The van der Waals surface area contributed by atoms with Crippen LogP contribution in [0, 0.1) is 5.92 Å². The quantitative estimate of drug-likeness (QED) is 0.640. The molecule has 0 saturated carbocycles. The van der Waals surface area contributed by atoms with Crippen molar-refractivity contribution < 1.29 is 19.1 Å². The Balaban J connectivity index is 1.85. The largest absolute Gasteiger partial charge is 0.469 e. The number of carbonyl (C=O) groups is 3. The lowest BCUT2D eigenvalue weighted by atomic mass is 10.0. The van der Waals surface area contributed by atoms with E-state index in [0.717, 1.165) is 0 Å². The Morgan fingerprint density at radius 2 is 1.75 bits per heavy atom. The van der Waals surface area contributed by atoms with Gasteiger partial charge in [0.1, 0.15) is 0 Å². The van der Waals surface area contributed by atoms with E-state index in [1.165, 1.54) is 12.0 Å². The van der Waals surface area contributed by atoms with Gasteiger partial charge < -0.3 is 9.64 Å². The molecule has 5 nitrogen and oxygen atoms in total. The van der Waals surface area contributed by atoms with Gasteiger partial charge in [-0.1, -0.05) is 42.5 Å². The molecule has 0 radical (unpaired) electrons. The summed E-state index contributed by atoms with van der Waals surface area (Å²) in [4.78, 5) is 37.9.